The van der Waals surface area contributed by atoms with Crippen molar-refractivity contribution in [2.24, 2.45) is 0 Å². The molecule has 1 aliphatic rings. The fourth-order valence-corrected chi connectivity index (χ4v) is 3.38. The van der Waals surface area contributed by atoms with E-state index < -0.39 is 6.10 Å². The van der Waals surface area contributed by atoms with Crippen LogP contribution >= 0.6 is 0 Å². The van der Waals surface area contributed by atoms with Gasteiger partial charge in [0.15, 0.2) is 5.69 Å². The predicted molar refractivity (Wildman–Crippen MR) is 108 cm³/mol. The number of carbonyl (C=O) groups is 2. The summed E-state index contributed by atoms with van der Waals surface area (Å²) in [5.41, 5.74) is 3.72. The molecule has 0 aliphatic carbocycles. The quantitative estimate of drug-likeness (QED) is 0.713. The van der Waals surface area contributed by atoms with Crippen molar-refractivity contribution in [1.29, 1.82) is 0 Å². The van der Waals surface area contributed by atoms with Gasteiger partial charge in [0.05, 0.1) is 12.6 Å². The van der Waals surface area contributed by atoms with Crippen molar-refractivity contribution in [1.82, 2.24) is 20.0 Å². The largest absolute Gasteiger partial charge is 0.389 e. The number of β-amino-alcohol motifs (C(OH)–C–C–N with tert-alkyl or cyclic N) is 1. The standard InChI is InChI=1S/C22H22N4O3/c1-25(13-15-7-9-17(10-8-15)16-5-3-2-4-6-16)22(29)19-11-20-21(28)23-12-18(27)14-26(20)24-19/h2-11,18,27H,12-14H2,1H3,(H,23,28)/t18-/m0/s1. The molecule has 0 saturated heterocycles. The Hall–Kier alpha value is -3.45. The molecule has 2 heterocycles. The number of nitrogens with zero attached hydrogens (tertiary/aromatic N) is 3. The Labute approximate surface area is 168 Å². The maximum atomic E-state index is 12.8. The molecule has 1 aromatic heterocycles. The Kier molecular flexibility index (Phi) is 5.14. The number of rotatable bonds is 4. The minimum absolute atomic E-state index is 0.171. The molecule has 1 atom stereocenters. The molecule has 2 amide bonds. The number of hydrogen-bond acceptors (Lipinski definition) is 4. The molecule has 0 spiro atoms. The number of nitrogens with one attached hydrogen (secondary N) is 1. The zero-order valence-corrected chi connectivity index (χ0v) is 16.1. The molecule has 0 radical (unpaired) electrons. The summed E-state index contributed by atoms with van der Waals surface area (Å²) in [6.07, 6.45) is -0.732. The summed E-state index contributed by atoms with van der Waals surface area (Å²) in [6, 6.07) is 19.6. The van der Waals surface area contributed by atoms with E-state index in [0.717, 1.165) is 16.7 Å². The van der Waals surface area contributed by atoms with Gasteiger partial charge in [-0.25, -0.2) is 0 Å². The minimum atomic E-state index is -0.732. The summed E-state index contributed by atoms with van der Waals surface area (Å²) in [4.78, 5) is 26.4. The molecule has 2 aromatic carbocycles. The van der Waals surface area contributed by atoms with E-state index in [0.29, 0.717) is 6.54 Å². The first-order valence-electron chi connectivity index (χ1n) is 9.45. The van der Waals surface area contributed by atoms with Gasteiger partial charge in [-0.1, -0.05) is 54.6 Å². The first-order chi connectivity index (χ1) is 14.0. The van der Waals surface area contributed by atoms with Crippen molar-refractivity contribution < 1.29 is 14.7 Å². The molecule has 29 heavy (non-hydrogen) atoms. The fraction of sp³-hybridized carbons (Fsp3) is 0.227. The topological polar surface area (TPSA) is 87.5 Å². The number of aliphatic hydroxyl groups excluding tert-OH is 1. The average molecular weight is 390 g/mol. The van der Waals surface area contributed by atoms with E-state index in [1.165, 1.54) is 10.7 Å². The molecule has 3 aromatic rings. The van der Waals surface area contributed by atoms with Crippen LogP contribution in [0.25, 0.3) is 11.1 Å². The number of amides is 2. The third-order valence-electron chi connectivity index (χ3n) is 4.94. The molecule has 7 nitrogen and oxygen atoms in total. The third kappa shape index (κ3) is 4.05. The molecule has 2 N–H and O–H groups in total. The number of benzene rings is 2. The van der Waals surface area contributed by atoms with Crippen LogP contribution in [0.15, 0.2) is 60.7 Å². The zero-order valence-electron chi connectivity index (χ0n) is 16.1. The minimum Gasteiger partial charge on any atom is -0.389 e. The summed E-state index contributed by atoms with van der Waals surface area (Å²) in [7, 11) is 1.70. The second kappa shape index (κ2) is 7.89. The van der Waals surface area contributed by atoms with Gasteiger partial charge in [-0.15, -0.1) is 0 Å². The number of hydrogen-bond donors (Lipinski definition) is 2. The van der Waals surface area contributed by atoms with E-state index >= 15 is 0 Å². The fourth-order valence-electron chi connectivity index (χ4n) is 3.38. The van der Waals surface area contributed by atoms with Crippen LogP contribution < -0.4 is 5.32 Å². The summed E-state index contributed by atoms with van der Waals surface area (Å²) in [5.74, 6) is -0.618. The summed E-state index contributed by atoms with van der Waals surface area (Å²) < 4.78 is 1.39. The zero-order chi connectivity index (χ0) is 20.4. The normalized spacial score (nSPS) is 15.9. The van der Waals surface area contributed by atoms with Crippen LogP contribution in [-0.2, 0) is 13.1 Å². The summed E-state index contributed by atoms with van der Waals surface area (Å²) in [5, 5.41) is 16.7. The van der Waals surface area contributed by atoms with Crippen LogP contribution in [0.4, 0.5) is 0 Å². The number of aliphatic hydroxyl groups is 1. The molecular formula is C22H22N4O3. The van der Waals surface area contributed by atoms with Crippen LogP contribution in [0.3, 0.4) is 0 Å². The van der Waals surface area contributed by atoms with E-state index in [1.807, 2.05) is 42.5 Å². The van der Waals surface area contributed by atoms with Gasteiger partial charge in [0.1, 0.15) is 5.69 Å². The lowest BCUT2D eigenvalue weighted by molar-refractivity contribution is 0.0777. The van der Waals surface area contributed by atoms with E-state index in [1.54, 1.807) is 11.9 Å². The van der Waals surface area contributed by atoms with E-state index in [9.17, 15) is 14.7 Å². The van der Waals surface area contributed by atoms with Gasteiger partial charge < -0.3 is 15.3 Å². The molecule has 7 heteroatoms. The van der Waals surface area contributed by atoms with Crippen molar-refractivity contribution in [2.75, 3.05) is 13.6 Å². The predicted octanol–water partition coefficient (Wildman–Crippen LogP) is 1.93. The SMILES string of the molecule is CN(Cc1ccc(-c2ccccc2)cc1)C(=O)c1cc2n(n1)C[C@@H](O)CNC2=O. The molecule has 0 fully saturated rings. The molecule has 4 rings (SSSR count). The Bertz CT molecular complexity index is 1030. The first-order valence-corrected chi connectivity index (χ1v) is 9.45. The van der Waals surface area contributed by atoms with Gasteiger partial charge in [0.2, 0.25) is 0 Å². The number of fused-ring (bicyclic) bond motifs is 1. The smallest absolute Gasteiger partial charge is 0.274 e. The highest BCUT2D eigenvalue weighted by Gasteiger charge is 2.25. The van der Waals surface area contributed by atoms with Gasteiger partial charge in [0.25, 0.3) is 11.8 Å². The van der Waals surface area contributed by atoms with E-state index in [-0.39, 0.29) is 36.3 Å². The second-order valence-electron chi connectivity index (χ2n) is 7.18. The Morgan fingerprint density at radius 3 is 2.59 bits per heavy atom. The maximum absolute atomic E-state index is 12.8. The van der Waals surface area contributed by atoms with Crippen LogP contribution in [0, 0.1) is 0 Å². The molecule has 0 unspecified atom stereocenters. The van der Waals surface area contributed by atoms with Crippen molar-refractivity contribution in [3.63, 3.8) is 0 Å². The van der Waals surface area contributed by atoms with Gasteiger partial charge in [-0.05, 0) is 16.7 Å². The van der Waals surface area contributed by atoms with Crippen molar-refractivity contribution in [2.45, 2.75) is 19.2 Å². The van der Waals surface area contributed by atoms with Crippen LogP contribution in [0.5, 0.6) is 0 Å². The average Bonchev–Trinajstić information content (AvgIpc) is 3.10. The van der Waals surface area contributed by atoms with Crippen LogP contribution in [-0.4, -0.2) is 51.3 Å². The highest BCUT2D eigenvalue weighted by atomic mass is 16.3. The Morgan fingerprint density at radius 2 is 1.86 bits per heavy atom. The Morgan fingerprint density at radius 1 is 1.17 bits per heavy atom. The molecule has 148 valence electrons. The van der Waals surface area contributed by atoms with Crippen molar-refractivity contribution >= 4 is 11.8 Å². The lowest BCUT2D eigenvalue weighted by Gasteiger charge is -2.16. The molecule has 0 bridgehead atoms. The monoisotopic (exact) mass is 390 g/mol. The lowest BCUT2D eigenvalue weighted by Crippen LogP contribution is -2.30. The number of carbonyl (C=O) groups excluding carboxylic acids is 2. The van der Waals surface area contributed by atoms with Gasteiger partial charge in [0, 0.05) is 26.2 Å². The highest BCUT2D eigenvalue weighted by molar-refractivity contribution is 5.98. The van der Waals surface area contributed by atoms with Gasteiger partial charge in [-0.2, -0.15) is 5.10 Å². The number of aromatic nitrogens is 2. The Balaban J connectivity index is 1.47. The lowest BCUT2D eigenvalue weighted by atomic mass is 10.0. The van der Waals surface area contributed by atoms with Crippen molar-refractivity contribution in [3.05, 3.63) is 77.6 Å². The van der Waals surface area contributed by atoms with Crippen LogP contribution in [0.2, 0.25) is 0 Å². The van der Waals surface area contributed by atoms with E-state index in [4.69, 9.17) is 0 Å². The second-order valence-corrected chi connectivity index (χ2v) is 7.18. The van der Waals surface area contributed by atoms with E-state index in [2.05, 4.69) is 22.5 Å². The molecule has 1 aliphatic heterocycles. The summed E-state index contributed by atoms with van der Waals surface area (Å²) >= 11 is 0. The van der Waals surface area contributed by atoms with Crippen molar-refractivity contribution in [3.8, 4) is 11.1 Å². The first kappa shape index (κ1) is 18.9. The van der Waals surface area contributed by atoms with Gasteiger partial charge in [-0.3, -0.25) is 14.3 Å². The molecule has 0 saturated carbocycles. The highest BCUT2D eigenvalue weighted by Crippen LogP contribution is 2.20. The summed E-state index contributed by atoms with van der Waals surface area (Å²) in [6.45, 7) is 0.765. The molecular weight excluding hydrogens is 368 g/mol. The maximum Gasteiger partial charge on any atom is 0.274 e. The van der Waals surface area contributed by atoms with Crippen LogP contribution in [0.1, 0.15) is 26.5 Å². The van der Waals surface area contributed by atoms with Gasteiger partial charge >= 0.3 is 0 Å². The third-order valence-corrected chi connectivity index (χ3v) is 4.94.